The molecule has 126 valence electrons. The monoisotopic (exact) mass is 347 g/mol. The topological polar surface area (TPSA) is 63.2 Å². The lowest BCUT2D eigenvalue weighted by atomic mass is 10.2. The third-order valence-electron chi connectivity index (χ3n) is 3.49. The van der Waals surface area contributed by atoms with Gasteiger partial charge < -0.3 is 15.4 Å². The molecule has 7 heteroatoms. The molecule has 1 saturated heterocycles. The molecule has 1 aliphatic rings. The van der Waals surface area contributed by atoms with Gasteiger partial charge in [-0.05, 0) is 30.3 Å². The van der Waals surface area contributed by atoms with Crippen molar-refractivity contribution < 1.29 is 13.9 Å². The Kier molecular flexibility index (Phi) is 5.66. The maximum atomic E-state index is 12.9. The molecule has 2 N–H and O–H groups in total. The number of carbonyl (C=O) groups is 1. The molecule has 0 spiro atoms. The van der Waals surface area contributed by atoms with Crippen molar-refractivity contribution in [3.63, 3.8) is 0 Å². The molecule has 2 heterocycles. The number of amides is 1. The summed E-state index contributed by atoms with van der Waals surface area (Å²) in [6.07, 6.45) is 1.99. The molecular formula is C17H18FN3O2S. The second-order valence-corrected chi connectivity index (χ2v) is 6.57. The van der Waals surface area contributed by atoms with E-state index in [2.05, 4.69) is 15.6 Å². The van der Waals surface area contributed by atoms with E-state index >= 15 is 0 Å². The van der Waals surface area contributed by atoms with Crippen molar-refractivity contribution in [3.8, 4) is 11.6 Å². The summed E-state index contributed by atoms with van der Waals surface area (Å²) in [6, 6.07) is 9.31. The molecule has 3 rings (SSSR count). The summed E-state index contributed by atoms with van der Waals surface area (Å²) in [6.45, 7) is 0.944. The highest BCUT2D eigenvalue weighted by molar-refractivity contribution is 7.99. The smallest absolute Gasteiger partial charge is 0.226 e. The van der Waals surface area contributed by atoms with E-state index in [0.717, 1.165) is 18.1 Å². The van der Waals surface area contributed by atoms with Crippen LogP contribution in [-0.4, -0.2) is 35.0 Å². The van der Waals surface area contributed by atoms with Crippen molar-refractivity contribution in [2.45, 2.75) is 12.5 Å². The number of pyridine rings is 1. The number of nitrogens with zero attached hydrogens (tertiary/aromatic N) is 1. The third kappa shape index (κ3) is 4.94. The summed E-state index contributed by atoms with van der Waals surface area (Å²) in [4.78, 5) is 16.2. The predicted octanol–water partition coefficient (Wildman–Crippen LogP) is 3.05. The van der Waals surface area contributed by atoms with Crippen molar-refractivity contribution >= 4 is 23.4 Å². The number of hydrogen-bond donors (Lipinski definition) is 2. The molecule has 1 fully saturated rings. The van der Waals surface area contributed by atoms with Gasteiger partial charge in [0.1, 0.15) is 11.6 Å². The van der Waals surface area contributed by atoms with Crippen LogP contribution in [0.5, 0.6) is 11.6 Å². The molecule has 0 aliphatic carbocycles. The van der Waals surface area contributed by atoms with Crippen LogP contribution in [-0.2, 0) is 4.79 Å². The molecular weight excluding hydrogens is 329 g/mol. The lowest BCUT2D eigenvalue weighted by molar-refractivity contribution is -0.116. The third-order valence-corrected chi connectivity index (χ3v) is 4.62. The van der Waals surface area contributed by atoms with E-state index in [9.17, 15) is 9.18 Å². The molecule has 1 aliphatic heterocycles. The van der Waals surface area contributed by atoms with Gasteiger partial charge in [-0.1, -0.05) is 0 Å². The Hall–Kier alpha value is -2.12. The van der Waals surface area contributed by atoms with Gasteiger partial charge in [-0.3, -0.25) is 4.79 Å². The first kappa shape index (κ1) is 16.7. The van der Waals surface area contributed by atoms with Gasteiger partial charge in [0, 0.05) is 36.6 Å². The minimum atomic E-state index is -0.320. The Morgan fingerprint density at radius 3 is 2.83 bits per heavy atom. The summed E-state index contributed by atoms with van der Waals surface area (Å²) in [5, 5.41) is 6.16. The van der Waals surface area contributed by atoms with Gasteiger partial charge in [-0.2, -0.15) is 11.8 Å². The van der Waals surface area contributed by atoms with Crippen LogP contribution in [0.1, 0.15) is 6.42 Å². The SMILES string of the molecule is O=C(CC1CSCCN1)Nc1ccc(Oc2ccc(F)cc2)nc1. The van der Waals surface area contributed by atoms with Gasteiger partial charge in [0.25, 0.3) is 0 Å². The number of carbonyl (C=O) groups excluding carboxylic acids is 1. The molecule has 2 aromatic rings. The van der Waals surface area contributed by atoms with Crippen LogP contribution < -0.4 is 15.4 Å². The van der Waals surface area contributed by atoms with E-state index in [4.69, 9.17) is 4.74 Å². The molecule has 1 atom stereocenters. The van der Waals surface area contributed by atoms with E-state index in [0.29, 0.717) is 23.7 Å². The second-order valence-electron chi connectivity index (χ2n) is 5.42. The number of benzene rings is 1. The van der Waals surface area contributed by atoms with Gasteiger partial charge in [-0.15, -0.1) is 0 Å². The normalized spacial score (nSPS) is 17.3. The van der Waals surface area contributed by atoms with Gasteiger partial charge in [-0.25, -0.2) is 9.37 Å². The zero-order valence-corrected chi connectivity index (χ0v) is 13.8. The highest BCUT2D eigenvalue weighted by Gasteiger charge is 2.16. The van der Waals surface area contributed by atoms with E-state index in [-0.39, 0.29) is 17.8 Å². The lowest BCUT2D eigenvalue weighted by Crippen LogP contribution is -2.39. The Morgan fingerprint density at radius 2 is 2.17 bits per heavy atom. The number of hydrogen-bond acceptors (Lipinski definition) is 5. The van der Waals surface area contributed by atoms with Crippen LogP contribution in [0.3, 0.4) is 0 Å². The van der Waals surface area contributed by atoms with Gasteiger partial charge >= 0.3 is 0 Å². The first-order chi connectivity index (χ1) is 11.7. The number of halogens is 1. The summed E-state index contributed by atoms with van der Waals surface area (Å²) in [5.41, 5.74) is 0.620. The van der Waals surface area contributed by atoms with Gasteiger partial charge in [0.2, 0.25) is 11.8 Å². The maximum Gasteiger partial charge on any atom is 0.226 e. The molecule has 1 aromatic heterocycles. The number of aromatic nitrogens is 1. The largest absolute Gasteiger partial charge is 0.439 e. The number of rotatable bonds is 5. The van der Waals surface area contributed by atoms with Crippen LogP contribution in [0.15, 0.2) is 42.6 Å². The zero-order valence-electron chi connectivity index (χ0n) is 13.0. The van der Waals surface area contributed by atoms with Crippen molar-refractivity contribution in [1.29, 1.82) is 0 Å². The minimum absolute atomic E-state index is 0.0380. The van der Waals surface area contributed by atoms with Crippen LogP contribution in [0.2, 0.25) is 0 Å². The summed E-state index contributed by atoms with van der Waals surface area (Å²) < 4.78 is 18.4. The van der Waals surface area contributed by atoms with E-state index < -0.39 is 0 Å². The standard InChI is InChI=1S/C17H18FN3O2S/c18-12-1-4-15(5-2-12)23-17-6-3-13(10-20-17)21-16(22)9-14-11-24-8-7-19-14/h1-6,10,14,19H,7-9,11H2,(H,21,22). The average molecular weight is 347 g/mol. The first-order valence-corrected chi connectivity index (χ1v) is 8.85. The number of nitrogens with one attached hydrogen (secondary N) is 2. The minimum Gasteiger partial charge on any atom is -0.439 e. The number of thioether (sulfide) groups is 1. The van der Waals surface area contributed by atoms with E-state index in [1.807, 2.05) is 11.8 Å². The van der Waals surface area contributed by atoms with E-state index in [1.54, 1.807) is 18.3 Å². The molecule has 1 aromatic carbocycles. The second kappa shape index (κ2) is 8.12. The van der Waals surface area contributed by atoms with Crippen LogP contribution in [0.25, 0.3) is 0 Å². The Morgan fingerprint density at radius 1 is 1.33 bits per heavy atom. The Bertz CT molecular complexity index is 673. The summed E-state index contributed by atoms with van der Waals surface area (Å²) >= 11 is 1.86. The zero-order chi connectivity index (χ0) is 16.8. The number of ether oxygens (including phenoxy) is 1. The molecule has 24 heavy (non-hydrogen) atoms. The Labute approximate surface area is 144 Å². The predicted molar refractivity (Wildman–Crippen MR) is 93.1 cm³/mol. The van der Waals surface area contributed by atoms with Gasteiger partial charge in [0.05, 0.1) is 11.9 Å². The molecule has 5 nitrogen and oxygen atoms in total. The van der Waals surface area contributed by atoms with Crippen LogP contribution in [0.4, 0.5) is 10.1 Å². The van der Waals surface area contributed by atoms with Crippen molar-refractivity contribution in [2.75, 3.05) is 23.4 Å². The van der Waals surface area contributed by atoms with Crippen molar-refractivity contribution in [3.05, 3.63) is 48.4 Å². The highest BCUT2D eigenvalue weighted by atomic mass is 32.2. The molecule has 0 saturated carbocycles. The molecule has 1 unspecified atom stereocenters. The molecule has 0 bridgehead atoms. The fraction of sp³-hybridized carbons (Fsp3) is 0.294. The lowest BCUT2D eigenvalue weighted by Gasteiger charge is -2.22. The fourth-order valence-corrected chi connectivity index (χ4v) is 3.27. The van der Waals surface area contributed by atoms with Crippen molar-refractivity contribution in [2.24, 2.45) is 0 Å². The summed E-state index contributed by atoms with van der Waals surface area (Å²) in [7, 11) is 0. The average Bonchev–Trinajstić information content (AvgIpc) is 2.59. The molecule has 0 radical (unpaired) electrons. The van der Waals surface area contributed by atoms with Crippen LogP contribution >= 0.6 is 11.8 Å². The summed E-state index contributed by atoms with van der Waals surface area (Å²) in [5.74, 6) is 2.57. The van der Waals surface area contributed by atoms with Crippen molar-refractivity contribution in [1.82, 2.24) is 10.3 Å². The van der Waals surface area contributed by atoms with E-state index in [1.165, 1.54) is 24.3 Å². The quantitative estimate of drug-likeness (QED) is 0.870. The first-order valence-electron chi connectivity index (χ1n) is 7.69. The number of anilines is 1. The van der Waals surface area contributed by atoms with Gasteiger partial charge in [0.15, 0.2) is 0 Å². The highest BCUT2D eigenvalue weighted by Crippen LogP contribution is 2.21. The fourth-order valence-electron chi connectivity index (χ4n) is 2.32. The Balaban J connectivity index is 1.52. The molecule has 1 amide bonds. The van der Waals surface area contributed by atoms with Crippen LogP contribution in [0, 0.1) is 5.82 Å². The maximum absolute atomic E-state index is 12.9.